The first-order valence-electron chi connectivity index (χ1n) is 19.1. The Hall–Kier alpha value is -7.76. The smallest absolute Gasteiger partial charge is 0.234 e. The van der Waals surface area contributed by atoms with Gasteiger partial charge in [-0.05, 0) is 94.5 Å². The minimum absolute atomic E-state index is 0.599. The van der Waals surface area contributed by atoms with Gasteiger partial charge in [0.1, 0.15) is 11.2 Å². The zero-order valence-corrected chi connectivity index (χ0v) is 30.8. The lowest BCUT2D eigenvalue weighted by molar-refractivity contribution is 0.669. The third-order valence-electron chi connectivity index (χ3n) is 10.9. The predicted molar refractivity (Wildman–Crippen MR) is 235 cm³/mol. The number of benzene rings is 8. The number of anilines is 3. The lowest BCUT2D eigenvalue weighted by atomic mass is 10.0. The van der Waals surface area contributed by atoms with E-state index in [0.717, 1.165) is 83.2 Å². The van der Waals surface area contributed by atoms with Crippen LogP contribution in [0.4, 0.5) is 17.3 Å². The highest BCUT2D eigenvalue weighted by Gasteiger charge is 2.20. The van der Waals surface area contributed by atoms with Crippen molar-refractivity contribution in [2.75, 3.05) is 4.90 Å². The minimum Gasteiger partial charge on any atom is -0.456 e. The van der Waals surface area contributed by atoms with E-state index in [1.807, 2.05) is 48.8 Å². The average molecular weight is 731 g/mol. The van der Waals surface area contributed by atoms with E-state index >= 15 is 0 Å². The van der Waals surface area contributed by atoms with Crippen LogP contribution in [0.5, 0.6) is 0 Å². The van der Waals surface area contributed by atoms with Crippen LogP contribution in [0.1, 0.15) is 0 Å². The van der Waals surface area contributed by atoms with Crippen LogP contribution in [-0.2, 0) is 0 Å². The average Bonchev–Trinajstić information content (AvgIpc) is 3.83. The quantitative estimate of drug-likeness (QED) is 0.164. The Morgan fingerprint density at radius 3 is 1.67 bits per heavy atom. The first kappa shape index (κ1) is 32.7. The van der Waals surface area contributed by atoms with Crippen molar-refractivity contribution in [2.45, 2.75) is 0 Å². The lowest BCUT2D eigenvalue weighted by Gasteiger charge is -2.24. The van der Waals surface area contributed by atoms with Gasteiger partial charge in [-0.2, -0.15) is 0 Å². The zero-order chi connectivity index (χ0) is 37.7. The molecule has 0 aliphatic carbocycles. The summed E-state index contributed by atoms with van der Waals surface area (Å²) in [6, 6.07) is 68.2. The number of para-hydroxylation sites is 2. The summed E-state index contributed by atoms with van der Waals surface area (Å²) >= 11 is 0. The molecular weight excluding hydrogens is 697 g/mol. The Bertz CT molecular complexity index is 3120. The highest BCUT2D eigenvalue weighted by Crippen LogP contribution is 2.40. The van der Waals surface area contributed by atoms with Crippen molar-refractivity contribution in [3.8, 4) is 39.1 Å². The number of hydrogen-bond donors (Lipinski definition) is 0. The van der Waals surface area contributed by atoms with Gasteiger partial charge in [0.15, 0.2) is 0 Å². The summed E-state index contributed by atoms with van der Waals surface area (Å²) in [6.45, 7) is 0. The fourth-order valence-corrected chi connectivity index (χ4v) is 8.12. The number of rotatable bonds is 7. The molecule has 0 fully saturated rings. The van der Waals surface area contributed by atoms with E-state index in [1.54, 1.807) is 0 Å². The van der Waals surface area contributed by atoms with E-state index < -0.39 is 0 Å². The van der Waals surface area contributed by atoms with Crippen LogP contribution in [0.2, 0.25) is 0 Å². The first-order chi connectivity index (χ1) is 28.2. The van der Waals surface area contributed by atoms with E-state index in [2.05, 4.69) is 167 Å². The topological polar surface area (TPSA) is 47.1 Å². The molecule has 0 saturated carbocycles. The van der Waals surface area contributed by atoms with Crippen LogP contribution < -0.4 is 4.90 Å². The van der Waals surface area contributed by atoms with Gasteiger partial charge in [-0.15, -0.1) is 0 Å². The Morgan fingerprint density at radius 2 is 0.912 bits per heavy atom. The van der Waals surface area contributed by atoms with Crippen LogP contribution in [0.15, 0.2) is 211 Å². The molecule has 0 bridgehead atoms. The maximum atomic E-state index is 6.10. The van der Waals surface area contributed by atoms with Crippen molar-refractivity contribution < 1.29 is 4.42 Å². The number of hydrogen-bond acceptors (Lipinski definition) is 4. The molecule has 0 spiro atoms. The normalized spacial score (nSPS) is 11.5. The fraction of sp³-hybridized carbons (Fsp3) is 0. The van der Waals surface area contributed by atoms with E-state index in [0.29, 0.717) is 5.95 Å². The standard InChI is InChI=1S/C52H34N4O/c1-3-11-35(12-4-1)37-19-24-41(25-20-37)55(52-53-33-40(34-54-52)36-13-5-2-6-14-36)43-28-29-49-46(32-43)44-15-7-9-17-48(44)56(49)42-26-21-38(22-27-42)39-23-30-51-47(31-39)45-16-8-10-18-50(45)57-51/h1-34H. The molecule has 0 radical (unpaired) electrons. The molecule has 0 aliphatic heterocycles. The first-order valence-corrected chi connectivity index (χ1v) is 19.1. The maximum absolute atomic E-state index is 6.10. The molecular formula is C52H34N4O. The van der Waals surface area contributed by atoms with Crippen molar-refractivity contribution in [2.24, 2.45) is 0 Å². The summed E-state index contributed by atoms with van der Waals surface area (Å²) < 4.78 is 8.45. The van der Waals surface area contributed by atoms with Gasteiger partial charge < -0.3 is 8.98 Å². The van der Waals surface area contributed by atoms with Gasteiger partial charge in [-0.1, -0.05) is 127 Å². The summed E-state index contributed by atoms with van der Waals surface area (Å²) in [7, 11) is 0. The second-order valence-electron chi connectivity index (χ2n) is 14.3. The van der Waals surface area contributed by atoms with Gasteiger partial charge in [-0.3, -0.25) is 4.90 Å². The third kappa shape index (κ3) is 5.72. The fourth-order valence-electron chi connectivity index (χ4n) is 8.12. The summed E-state index contributed by atoms with van der Waals surface area (Å²) in [4.78, 5) is 12.0. The summed E-state index contributed by atoms with van der Waals surface area (Å²) in [5.41, 5.74) is 13.8. The Morgan fingerprint density at radius 1 is 0.368 bits per heavy atom. The van der Waals surface area contributed by atoms with Crippen LogP contribution in [0.3, 0.4) is 0 Å². The molecule has 0 unspecified atom stereocenters. The van der Waals surface area contributed by atoms with Crippen LogP contribution in [-0.4, -0.2) is 14.5 Å². The highest BCUT2D eigenvalue weighted by molar-refractivity contribution is 6.11. The van der Waals surface area contributed by atoms with Crippen molar-refractivity contribution in [3.05, 3.63) is 207 Å². The molecule has 0 aliphatic rings. The Balaban J connectivity index is 1.01. The van der Waals surface area contributed by atoms with Crippen LogP contribution >= 0.6 is 0 Å². The molecule has 0 saturated heterocycles. The maximum Gasteiger partial charge on any atom is 0.234 e. The number of fused-ring (bicyclic) bond motifs is 6. The molecule has 8 aromatic carbocycles. The molecule has 5 nitrogen and oxygen atoms in total. The van der Waals surface area contributed by atoms with Crippen LogP contribution in [0.25, 0.3) is 82.8 Å². The van der Waals surface area contributed by atoms with Gasteiger partial charge in [0.05, 0.1) is 11.0 Å². The molecule has 57 heavy (non-hydrogen) atoms. The van der Waals surface area contributed by atoms with Crippen molar-refractivity contribution in [1.82, 2.24) is 14.5 Å². The van der Waals surface area contributed by atoms with Crippen molar-refractivity contribution in [1.29, 1.82) is 0 Å². The van der Waals surface area contributed by atoms with E-state index in [4.69, 9.17) is 14.4 Å². The van der Waals surface area contributed by atoms with Gasteiger partial charge in [0, 0.05) is 56.6 Å². The van der Waals surface area contributed by atoms with E-state index in [1.165, 1.54) is 10.9 Å². The summed E-state index contributed by atoms with van der Waals surface area (Å²) in [5.74, 6) is 0.599. The second kappa shape index (κ2) is 13.5. The number of aromatic nitrogens is 3. The molecule has 5 heteroatoms. The largest absolute Gasteiger partial charge is 0.456 e. The molecule has 11 rings (SSSR count). The summed E-state index contributed by atoms with van der Waals surface area (Å²) in [5, 5.41) is 4.59. The van der Waals surface area contributed by atoms with Crippen molar-refractivity contribution in [3.63, 3.8) is 0 Å². The number of furan rings is 1. The molecule has 11 aromatic rings. The molecule has 268 valence electrons. The molecule has 3 heterocycles. The highest BCUT2D eigenvalue weighted by atomic mass is 16.3. The molecule has 0 N–H and O–H groups in total. The Labute approximate surface area is 329 Å². The monoisotopic (exact) mass is 730 g/mol. The molecule has 0 atom stereocenters. The van der Waals surface area contributed by atoms with Crippen LogP contribution in [0, 0.1) is 0 Å². The Kier molecular flexibility index (Phi) is 7.74. The van der Waals surface area contributed by atoms with Gasteiger partial charge in [0.2, 0.25) is 5.95 Å². The predicted octanol–water partition coefficient (Wildman–Crippen LogP) is 13.9. The minimum atomic E-state index is 0.599. The second-order valence-corrected chi connectivity index (χ2v) is 14.3. The van der Waals surface area contributed by atoms with E-state index in [9.17, 15) is 0 Å². The third-order valence-corrected chi connectivity index (χ3v) is 10.9. The number of nitrogens with zero attached hydrogens (tertiary/aromatic N) is 4. The van der Waals surface area contributed by atoms with Gasteiger partial charge >= 0.3 is 0 Å². The van der Waals surface area contributed by atoms with Gasteiger partial charge in [0.25, 0.3) is 0 Å². The molecule has 0 amide bonds. The zero-order valence-electron chi connectivity index (χ0n) is 30.8. The van der Waals surface area contributed by atoms with Crippen molar-refractivity contribution >= 4 is 61.1 Å². The lowest BCUT2D eigenvalue weighted by Crippen LogP contribution is -2.13. The van der Waals surface area contributed by atoms with E-state index in [-0.39, 0.29) is 0 Å². The van der Waals surface area contributed by atoms with Gasteiger partial charge in [-0.25, -0.2) is 9.97 Å². The SMILES string of the molecule is c1ccc(-c2ccc(N(c3ccc4c(c3)c3ccccc3n4-c3ccc(-c4ccc5oc6ccccc6c5c4)cc3)c3ncc(-c4ccccc4)cn3)cc2)cc1. The summed E-state index contributed by atoms with van der Waals surface area (Å²) in [6.07, 6.45) is 3.82. The molecule has 3 aromatic heterocycles.